The minimum atomic E-state index is -3.45. The second-order valence-corrected chi connectivity index (χ2v) is 12.0. The fraction of sp³-hybridized carbons (Fsp3) is 0.393. The Morgan fingerprint density at radius 3 is 2.68 bits per heavy atom. The number of aromatic amines is 1. The molecule has 5 rings (SSSR count). The van der Waals surface area contributed by atoms with E-state index in [1.54, 1.807) is 35.4 Å². The fourth-order valence-corrected chi connectivity index (χ4v) is 6.47. The van der Waals surface area contributed by atoms with Crippen molar-refractivity contribution in [1.82, 2.24) is 14.9 Å². The molecule has 0 spiro atoms. The van der Waals surface area contributed by atoms with Crippen molar-refractivity contribution in [2.24, 2.45) is 0 Å². The molecule has 1 aliphatic carbocycles. The molecule has 2 aromatic carbocycles. The molecule has 7 nitrogen and oxygen atoms in total. The van der Waals surface area contributed by atoms with Crippen molar-refractivity contribution in [3.8, 4) is 16.9 Å². The summed E-state index contributed by atoms with van der Waals surface area (Å²) in [5, 5.41) is 10.2. The van der Waals surface area contributed by atoms with Gasteiger partial charge < -0.3 is 19.7 Å². The Labute approximate surface area is 220 Å². The third-order valence-corrected chi connectivity index (χ3v) is 9.24. The maximum absolute atomic E-state index is 15.0. The number of nitrogens with one attached hydrogen (secondary N) is 1. The topological polar surface area (TPSA) is 95.5 Å². The monoisotopic (exact) mass is 543 g/mol. The molecule has 1 aliphatic rings. The first kappa shape index (κ1) is 26.5. The molecule has 2 heterocycles. The molecule has 202 valence electrons. The fourth-order valence-electron chi connectivity index (χ4n) is 4.77. The molecule has 0 aliphatic heterocycles. The van der Waals surface area contributed by atoms with Crippen molar-refractivity contribution < 1.29 is 27.0 Å². The van der Waals surface area contributed by atoms with Gasteiger partial charge in [0.15, 0.2) is 15.6 Å². The van der Waals surface area contributed by atoms with E-state index in [4.69, 9.17) is 9.84 Å². The van der Waals surface area contributed by atoms with Crippen molar-refractivity contribution >= 4 is 31.8 Å². The van der Waals surface area contributed by atoms with Crippen molar-refractivity contribution in [2.45, 2.75) is 49.4 Å². The summed E-state index contributed by atoms with van der Waals surface area (Å²) in [6.07, 6.45) is -0.963. The normalized spacial score (nSPS) is 14.6. The number of H-pyrrole nitrogens is 1. The summed E-state index contributed by atoms with van der Waals surface area (Å²) < 4.78 is 61.0. The summed E-state index contributed by atoms with van der Waals surface area (Å²) in [5.74, 6) is -0.0173. The number of aliphatic hydroxyl groups excluding tert-OH is 1. The lowest BCUT2D eigenvalue weighted by Crippen LogP contribution is -2.34. The maximum atomic E-state index is 15.0. The van der Waals surface area contributed by atoms with E-state index in [-0.39, 0.29) is 29.0 Å². The van der Waals surface area contributed by atoms with Crippen LogP contribution in [0.15, 0.2) is 53.6 Å². The lowest BCUT2D eigenvalue weighted by atomic mass is 9.99. The van der Waals surface area contributed by atoms with E-state index < -0.39 is 22.4 Å². The van der Waals surface area contributed by atoms with E-state index in [0.717, 1.165) is 10.9 Å². The van der Waals surface area contributed by atoms with Crippen LogP contribution in [0.3, 0.4) is 0 Å². The lowest BCUT2D eigenvalue weighted by molar-refractivity contribution is -0.182. The molecule has 0 bridgehead atoms. The first-order chi connectivity index (χ1) is 18.1. The zero-order valence-electron chi connectivity index (χ0n) is 21.4. The van der Waals surface area contributed by atoms with Crippen molar-refractivity contribution in [2.75, 3.05) is 26.2 Å². The molecule has 2 aromatic heterocycles. The highest BCUT2D eigenvalue weighted by atomic mass is 32.2. The molecular formula is C28H31F2N3O4S. The van der Waals surface area contributed by atoms with Crippen LogP contribution in [0.2, 0.25) is 0 Å². The minimum Gasteiger partial charge on any atom is -0.430 e. The summed E-state index contributed by atoms with van der Waals surface area (Å²) in [4.78, 5) is 9.58. The van der Waals surface area contributed by atoms with E-state index in [1.807, 2.05) is 26.0 Å². The molecule has 1 saturated carbocycles. The van der Waals surface area contributed by atoms with Gasteiger partial charge in [0, 0.05) is 30.1 Å². The highest BCUT2D eigenvalue weighted by Crippen LogP contribution is 2.42. The van der Waals surface area contributed by atoms with Gasteiger partial charge in [0.1, 0.15) is 5.65 Å². The predicted octanol–water partition coefficient (Wildman–Crippen LogP) is 5.30. The van der Waals surface area contributed by atoms with Gasteiger partial charge in [0.05, 0.1) is 28.7 Å². The molecule has 0 radical (unpaired) electrons. The van der Waals surface area contributed by atoms with Crippen LogP contribution in [0.1, 0.15) is 31.7 Å². The molecule has 4 aromatic rings. The van der Waals surface area contributed by atoms with E-state index in [9.17, 15) is 17.2 Å². The number of hydrogen-bond acceptors (Lipinski definition) is 6. The highest BCUT2D eigenvalue weighted by molar-refractivity contribution is 7.92. The van der Waals surface area contributed by atoms with E-state index in [0.29, 0.717) is 53.6 Å². The molecule has 0 atom stereocenters. The quantitative estimate of drug-likeness (QED) is 0.267. The zero-order valence-corrected chi connectivity index (χ0v) is 22.2. The average Bonchev–Trinajstić information content (AvgIpc) is 3.69. The number of sulfone groups is 1. The number of ether oxygens (including phenoxy) is 1. The standard InChI is InChI=1S/C28H31F2N3O4S/c1-3-33(13-14-34)12-11-28(29,30)37-24-10-9-22(25-23-15-18(2)17-31-27(23)32-26(24)25)19-5-4-6-21(16-19)38(35,36)20-7-8-20/h4-6,9-10,15-17,20,34H,3,7-8,11-14H2,1-2H3,(H,31,32). The first-order valence-electron chi connectivity index (χ1n) is 12.8. The van der Waals surface area contributed by atoms with Crippen molar-refractivity contribution in [3.05, 3.63) is 54.2 Å². The summed E-state index contributed by atoms with van der Waals surface area (Å²) in [6.45, 7) is 4.57. The van der Waals surface area contributed by atoms with Gasteiger partial charge >= 0.3 is 6.11 Å². The number of hydrogen-bond donors (Lipinski definition) is 2. The Bertz CT molecular complexity index is 1580. The van der Waals surface area contributed by atoms with Crippen molar-refractivity contribution in [3.63, 3.8) is 0 Å². The third-order valence-electron chi connectivity index (χ3n) is 6.98. The number of aromatic nitrogens is 2. The molecule has 2 N–H and O–H groups in total. The van der Waals surface area contributed by atoms with Crippen LogP contribution in [0, 0.1) is 6.92 Å². The maximum Gasteiger partial charge on any atom is 0.399 e. The van der Waals surface area contributed by atoms with Gasteiger partial charge in [0.2, 0.25) is 0 Å². The molecule has 0 saturated heterocycles. The summed E-state index contributed by atoms with van der Waals surface area (Å²) in [6, 6.07) is 11.9. The van der Waals surface area contributed by atoms with Crippen LogP contribution in [0.25, 0.3) is 33.1 Å². The number of aliphatic hydroxyl groups is 1. The van der Waals surface area contributed by atoms with Gasteiger partial charge in [-0.3, -0.25) is 0 Å². The Morgan fingerprint density at radius 2 is 1.97 bits per heavy atom. The lowest BCUT2D eigenvalue weighted by Gasteiger charge is -2.24. The smallest absolute Gasteiger partial charge is 0.399 e. The number of halogens is 2. The van der Waals surface area contributed by atoms with Gasteiger partial charge in [-0.1, -0.05) is 19.1 Å². The average molecular weight is 544 g/mol. The summed E-state index contributed by atoms with van der Waals surface area (Å²) in [5.41, 5.74) is 3.15. The van der Waals surface area contributed by atoms with Crippen LogP contribution in [-0.2, 0) is 9.84 Å². The molecule has 0 amide bonds. The number of alkyl halides is 2. The second-order valence-electron chi connectivity index (χ2n) is 9.81. The number of aryl methyl sites for hydroxylation is 1. The van der Waals surface area contributed by atoms with E-state index in [2.05, 4.69) is 9.97 Å². The van der Waals surface area contributed by atoms with Gasteiger partial charge in [-0.15, -0.1) is 0 Å². The number of nitrogens with zero attached hydrogens (tertiary/aromatic N) is 2. The number of fused-ring (bicyclic) bond motifs is 3. The number of pyridine rings is 1. The summed E-state index contributed by atoms with van der Waals surface area (Å²) >= 11 is 0. The van der Waals surface area contributed by atoms with Gasteiger partial charge in [0.25, 0.3) is 0 Å². The minimum absolute atomic E-state index is 0.0173. The third kappa shape index (κ3) is 5.25. The van der Waals surface area contributed by atoms with Gasteiger partial charge in [-0.05, 0) is 73.3 Å². The van der Waals surface area contributed by atoms with Crippen LogP contribution in [0.5, 0.6) is 5.75 Å². The Morgan fingerprint density at radius 1 is 1.18 bits per heavy atom. The SMILES string of the molecule is CCN(CCO)CCC(F)(F)Oc1ccc(-c2cccc(S(=O)(=O)C3CC3)c2)c2c1[nH]c1ncc(C)cc12. The number of benzene rings is 2. The predicted molar refractivity (Wildman–Crippen MR) is 143 cm³/mol. The molecule has 38 heavy (non-hydrogen) atoms. The molecule has 10 heteroatoms. The van der Waals surface area contributed by atoms with Crippen molar-refractivity contribution in [1.29, 1.82) is 0 Å². The van der Waals surface area contributed by atoms with Crippen LogP contribution < -0.4 is 4.74 Å². The number of rotatable bonds is 11. The molecule has 0 unspecified atom stereocenters. The van der Waals surface area contributed by atoms with Crippen LogP contribution >= 0.6 is 0 Å². The Hall–Kier alpha value is -3.08. The largest absolute Gasteiger partial charge is 0.430 e. The number of likely N-dealkylation sites (N-methyl/N-ethyl adjacent to an activating group) is 1. The van der Waals surface area contributed by atoms with Gasteiger partial charge in [-0.2, -0.15) is 8.78 Å². The van der Waals surface area contributed by atoms with Crippen LogP contribution in [0.4, 0.5) is 8.78 Å². The Kier molecular flexibility index (Phi) is 7.15. The van der Waals surface area contributed by atoms with E-state index >= 15 is 0 Å². The first-order valence-corrected chi connectivity index (χ1v) is 14.3. The second kappa shape index (κ2) is 10.2. The highest BCUT2D eigenvalue weighted by Gasteiger charge is 2.37. The molecular weight excluding hydrogens is 512 g/mol. The van der Waals surface area contributed by atoms with E-state index in [1.165, 1.54) is 6.07 Å². The molecule has 1 fully saturated rings. The summed E-state index contributed by atoms with van der Waals surface area (Å²) in [7, 11) is -3.40. The van der Waals surface area contributed by atoms with Gasteiger partial charge in [-0.25, -0.2) is 13.4 Å². The zero-order chi connectivity index (χ0) is 27.1. The van der Waals surface area contributed by atoms with Crippen LogP contribution in [-0.4, -0.2) is 66.0 Å². The Balaban J connectivity index is 1.58.